The van der Waals surface area contributed by atoms with E-state index in [0.717, 1.165) is 29.0 Å². The first-order valence-electron chi connectivity index (χ1n) is 8.13. The lowest BCUT2D eigenvalue weighted by atomic mass is 9.99. The minimum absolute atomic E-state index is 0.394. The number of methoxy groups -OCH3 is 2. The third-order valence-corrected chi connectivity index (χ3v) is 4.32. The molecule has 0 aromatic heterocycles. The molecule has 0 fully saturated rings. The number of benzene rings is 2. The van der Waals surface area contributed by atoms with Crippen LogP contribution in [0.25, 0.3) is 5.57 Å². The molecule has 0 spiro atoms. The van der Waals surface area contributed by atoms with Gasteiger partial charge in [-0.15, -0.1) is 0 Å². The molecule has 5 nitrogen and oxygen atoms in total. The van der Waals surface area contributed by atoms with Gasteiger partial charge in [0.1, 0.15) is 12.0 Å². The lowest BCUT2D eigenvalue weighted by Crippen LogP contribution is -2.35. The molecule has 0 aliphatic carbocycles. The van der Waals surface area contributed by atoms with Gasteiger partial charge >= 0.3 is 5.97 Å². The van der Waals surface area contributed by atoms with Crippen LogP contribution in [0, 0.1) is 0 Å². The zero-order valence-corrected chi connectivity index (χ0v) is 14.3. The molecule has 0 saturated carbocycles. The standard InChI is InChI=1S/C20H21NO4/c1-24-16-9-10-18-15(12-16)8-11-19(22)21(18)13-17(20(23)25-2)14-6-4-3-5-7-14/h3-7,9-10,12-13,19,22H,8,11H2,1-2H3/b17-13-. The maximum absolute atomic E-state index is 12.3. The Bertz CT molecular complexity index is 786. The Balaban J connectivity index is 2.07. The Morgan fingerprint density at radius 3 is 2.64 bits per heavy atom. The summed E-state index contributed by atoms with van der Waals surface area (Å²) in [5.41, 5.74) is 3.06. The topological polar surface area (TPSA) is 59.0 Å². The van der Waals surface area contributed by atoms with E-state index in [4.69, 9.17) is 9.47 Å². The molecule has 3 rings (SSSR count). The van der Waals surface area contributed by atoms with Crippen LogP contribution in [0.3, 0.4) is 0 Å². The summed E-state index contributed by atoms with van der Waals surface area (Å²) >= 11 is 0. The summed E-state index contributed by atoms with van der Waals surface area (Å²) in [6.07, 6.45) is 2.27. The second-order valence-corrected chi connectivity index (χ2v) is 5.82. The maximum atomic E-state index is 12.3. The number of aliphatic hydroxyl groups excluding tert-OH is 1. The van der Waals surface area contributed by atoms with Crippen LogP contribution >= 0.6 is 0 Å². The van der Waals surface area contributed by atoms with Gasteiger partial charge in [-0.3, -0.25) is 0 Å². The van der Waals surface area contributed by atoms with Gasteiger partial charge in [-0.25, -0.2) is 4.79 Å². The van der Waals surface area contributed by atoms with E-state index in [1.165, 1.54) is 7.11 Å². The highest BCUT2D eigenvalue weighted by Gasteiger charge is 2.25. The van der Waals surface area contributed by atoms with Gasteiger partial charge < -0.3 is 19.5 Å². The molecule has 0 amide bonds. The summed E-state index contributed by atoms with van der Waals surface area (Å²) in [6, 6.07) is 15.0. The Morgan fingerprint density at radius 1 is 1.20 bits per heavy atom. The molecule has 1 aliphatic heterocycles. The molecular weight excluding hydrogens is 318 g/mol. The molecule has 25 heavy (non-hydrogen) atoms. The van der Waals surface area contributed by atoms with E-state index in [1.54, 1.807) is 18.2 Å². The van der Waals surface area contributed by atoms with E-state index in [-0.39, 0.29) is 0 Å². The van der Waals surface area contributed by atoms with Gasteiger partial charge in [-0.05, 0) is 42.2 Å². The van der Waals surface area contributed by atoms with Crippen molar-refractivity contribution in [3.05, 3.63) is 65.9 Å². The number of fused-ring (bicyclic) bond motifs is 1. The van der Waals surface area contributed by atoms with Crippen LogP contribution < -0.4 is 9.64 Å². The average molecular weight is 339 g/mol. The molecule has 1 aliphatic rings. The van der Waals surface area contributed by atoms with Crippen LogP contribution in [0.2, 0.25) is 0 Å². The Hall–Kier alpha value is -2.79. The van der Waals surface area contributed by atoms with E-state index < -0.39 is 12.2 Å². The first-order valence-corrected chi connectivity index (χ1v) is 8.13. The smallest absolute Gasteiger partial charge is 0.339 e. The number of hydrogen-bond donors (Lipinski definition) is 1. The predicted molar refractivity (Wildman–Crippen MR) is 96.2 cm³/mol. The zero-order valence-electron chi connectivity index (χ0n) is 14.3. The van der Waals surface area contributed by atoms with E-state index in [2.05, 4.69) is 0 Å². The number of aliphatic hydroxyl groups is 1. The summed E-state index contributed by atoms with van der Waals surface area (Å²) in [7, 11) is 2.98. The fourth-order valence-electron chi connectivity index (χ4n) is 2.99. The second-order valence-electron chi connectivity index (χ2n) is 5.82. The molecule has 2 aromatic carbocycles. The highest BCUT2D eigenvalue weighted by Crippen LogP contribution is 2.34. The lowest BCUT2D eigenvalue weighted by Gasteiger charge is -2.34. The van der Waals surface area contributed by atoms with Crippen molar-refractivity contribution in [3.8, 4) is 5.75 Å². The highest BCUT2D eigenvalue weighted by molar-refractivity contribution is 6.16. The monoisotopic (exact) mass is 339 g/mol. The first kappa shape index (κ1) is 17.0. The molecule has 1 unspecified atom stereocenters. The Kier molecular flexibility index (Phi) is 5.05. The third-order valence-electron chi connectivity index (χ3n) is 4.32. The molecular formula is C20H21NO4. The van der Waals surface area contributed by atoms with Crippen molar-refractivity contribution in [3.63, 3.8) is 0 Å². The highest BCUT2D eigenvalue weighted by atomic mass is 16.5. The number of aryl methyl sites for hydroxylation is 1. The number of carbonyl (C=O) groups excluding carboxylic acids is 1. The SMILES string of the molecule is COC(=O)/C(=C\N1c2ccc(OC)cc2CCC1O)c1ccccc1. The fourth-order valence-corrected chi connectivity index (χ4v) is 2.99. The third kappa shape index (κ3) is 3.51. The van der Waals surface area contributed by atoms with Crippen LogP contribution in [-0.2, 0) is 16.0 Å². The zero-order chi connectivity index (χ0) is 17.8. The number of ether oxygens (including phenoxy) is 2. The maximum Gasteiger partial charge on any atom is 0.339 e. The molecule has 0 saturated heterocycles. The van der Waals surface area contributed by atoms with Gasteiger partial charge in [0.25, 0.3) is 0 Å². The molecule has 130 valence electrons. The van der Waals surface area contributed by atoms with Gasteiger partial charge in [0.15, 0.2) is 0 Å². The van der Waals surface area contributed by atoms with Crippen LogP contribution in [0.15, 0.2) is 54.7 Å². The molecule has 0 bridgehead atoms. The number of nitrogens with zero attached hydrogens (tertiary/aromatic N) is 1. The molecule has 2 aromatic rings. The average Bonchev–Trinajstić information content (AvgIpc) is 2.67. The van der Waals surface area contributed by atoms with Gasteiger partial charge in [0, 0.05) is 11.9 Å². The van der Waals surface area contributed by atoms with Gasteiger partial charge in [-0.1, -0.05) is 30.3 Å². The Labute approximate surface area is 147 Å². The predicted octanol–water partition coefficient (Wildman–Crippen LogP) is 2.98. The molecule has 1 heterocycles. The summed E-state index contributed by atoms with van der Waals surface area (Å²) in [6.45, 7) is 0. The molecule has 0 radical (unpaired) electrons. The quantitative estimate of drug-likeness (QED) is 0.685. The first-order chi connectivity index (χ1) is 12.1. The number of rotatable bonds is 4. The van der Waals surface area contributed by atoms with E-state index in [9.17, 15) is 9.90 Å². The molecule has 1 N–H and O–H groups in total. The van der Waals surface area contributed by atoms with Crippen molar-refractivity contribution in [1.29, 1.82) is 0 Å². The van der Waals surface area contributed by atoms with Crippen molar-refractivity contribution in [2.24, 2.45) is 0 Å². The van der Waals surface area contributed by atoms with Crippen LogP contribution in [-0.4, -0.2) is 31.5 Å². The Morgan fingerprint density at radius 2 is 1.96 bits per heavy atom. The minimum Gasteiger partial charge on any atom is -0.497 e. The van der Waals surface area contributed by atoms with Gasteiger partial charge in [-0.2, -0.15) is 0 Å². The van der Waals surface area contributed by atoms with Crippen molar-refractivity contribution in [1.82, 2.24) is 0 Å². The molecule has 1 atom stereocenters. The minimum atomic E-state index is -0.704. The van der Waals surface area contributed by atoms with E-state index >= 15 is 0 Å². The van der Waals surface area contributed by atoms with E-state index in [1.807, 2.05) is 48.5 Å². The van der Waals surface area contributed by atoms with Gasteiger partial charge in [0.2, 0.25) is 0 Å². The number of esters is 1. The largest absolute Gasteiger partial charge is 0.497 e. The number of anilines is 1. The summed E-state index contributed by atoms with van der Waals surface area (Å²) in [5.74, 6) is 0.328. The normalized spacial score (nSPS) is 17.0. The van der Waals surface area contributed by atoms with Crippen LogP contribution in [0.1, 0.15) is 17.5 Å². The van der Waals surface area contributed by atoms with Crippen molar-refractivity contribution in [2.45, 2.75) is 19.1 Å². The van der Waals surface area contributed by atoms with Gasteiger partial charge in [0.05, 0.1) is 19.8 Å². The summed E-state index contributed by atoms with van der Waals surface area (Å²) < 4.78 is 10.2. The lowest BCUT2D eigenvalue weighted by molar-refractivity contribution is -0.133. The fraction of sp³-hybridized carbons (Fsp3) is 0.250. The van der Waals surface area contributed by atoms with E-state index in [0.29, 0.717) is 12.0 Å². The summed E-state index contributed by atoms with van der Waals surface area (Å²) in [4.78, 5) is 14.0. The number of hydrogen-bond acceptors (Lipinski definition) is 5. The van der Waals surface area contributed by atoms with Crippen molar-refractivity contribution >= 4 is 17.2 Å². The van der Waals surface area contributed by atoms with Crippen molar-refractivity contribution < 1.29 is 19.4 Å². The van der Waals surface area contributed by atoms with Crippen LogP contribution in [0.5, 0.6) is 5.75 Å². The second kappa shape index (κ2) is 7.40. The van der Waals surface area contributed by atoms with Crippen molar-refractivity contribution in [2.75, 3.05) is 19.1 Å². The molecule has 5 heteroatoms. The summed E-state index contributed by atoms with van der Waals surface area (Å²) in [5, 5.41) is 10.5. The van der Waals surface area contributed by atoms with Crippen LogP contribution in [0.4, 0.5) is 5.69 Å². The number of carbonyl (C=O) groups is 1.